The van der Waals surface area contributed by atoms with Crippen molar-refractivity contribution < 1.29 is 22.7 Å². The van der Waals surface area contributed by atoms with E-state index in [4.69, 9.17) is 16.3 Å². The van der Waals surface area contributed by atoms with E-state index >= 15 is 0 Å². The Morgan fingerprint density at radius 3 is 2.87 bits per heavy atom. The van der Waals surface area contributed by atoms with Gasteiger partial charge in [-0.2, -0.15) is 13.2 Å². The Bertz CT molecular complexity index is 569. The van der Waals surface area contributed by atoms with Gasteiger partial charge in [0, 0.05) is 19.0 Å². The molecular formula is C14H17ClF3N3O2. The molecule has 1 aliphatic rings. The summed E-state index contributed by atoms with van der Waals surface area (Å²) in [6.45, 7) is 2.43. The van der Waals surface area contributed by atoms with E-state index in [1.165, 1.54) is 0 Å². The van der Waals surface area contributed by atoms with Crippen LogP contribution in [0.2, 0.25) is 5.15 Å². The third kappa shape index (κ3) is 4.46. The lowest BCUT2D eigenvalue weighted by molar-refractivity contribution is -0.143. The smallest absolute Gasteiger partial charge is 0.420 e. The van der Waals surface area contributed by atoms with Crippen LogP contribution in [-0.2, 0) is 15.7 Å². The summed E-state index contributed by atoms with van der Waals surface area (Å²) in [7, 11) is 0. The van der Waals surface area contributed by atoms with Crippen LogP contribution < -0.4 is 4.90 Å². The molecule has 0 unspecified atom stereocenters. The first-order chi connectivity index (χ1) is 10.8. The second-order valence-corrected chi connectivity index (χ2v) is 5.62. The predicted octanol–water partition coefficient (Wildman–Crippen LogP) is 3.46. The molecule has 1 saturated heterocycles. The Labute approximate surface area is 136 Å². The number of nitrogens with zero attached hydrogens (tertiary/aromatic N) is 3. The molecule has 2 rings (SSSR count). The van der Waals surface area contributed by atoms with Gasteiger partial charge in [-0.25, -0.2) is 0 Å². The average molecular weight is 352 g/mol. The Morgan fingerprint density at radius 2 is 2.22 bits per heavy atom. The first kappa shape index (κ1) is 17.8. The second-order valence-electron chi connectivity index (χ2n) is 5.24. The fourth-order valence-corrected chi connectivity index (χ4v) is 2.86. The maximum Gasteiger partial charge on any atom is 0.420 e. The first-order valence-electron chi connectivity index (χ1n) is 7.35. The third-order valence-electron chi connectivity index (χ3n) is 3.69. The molecule has 0 spiro atoms. The van der Waals surface area contributed by atoms with Crippen molar-refractivity contribution in [3.8, 4) is 0 Å². The molecular weight excluding hydrogens is 335 g/mol. The minimum atomic E-state index is -4.57. The van der Waals surface area contributed by atoms with Gasteiger partial charge in [-0.1, -0.05) is 11.6 Å². The van der Waals surface area contributed by atoms with E-state index in [2.05, 4.69) is 10.2 Å². The highest BCUT2D eigenvalue weighted by Gasteiger charge is 2.39. The minimum Gasteiger partial charge on any atom is -0.466 e. The Morgan fingerprint density at radius 1 is 1.48 bits per heavy atom. The molecule has 0 N–H and O–H groups in total. The molecule has 0 bridgehead atoms. The molecule has 9 heteroatoms. The van der Waals surface area contributed by atoms with Gasteiger partial charge in [0.05, 0.1) is 6.61 Å². The molecule has 0 amide bonds. The number of carbonyl (C=O) groups excluding carboxylic acids is 1. The minimum absolute atomic E-state index is 0.164. The molecule has 128 valence electrons. The zero-order valence-corrected chi connectivity index (χ0v) is 13.3. The van der Waals surface area contributed by atoms with Crippen molar-refractivity contribution in [2.24, 2.45) is 0 Å². The van der Waals surface area contributed by atoms with Crippen LogP contribution in [0.3, 0.4) is 0 Å². The largest absolute Gasteiger partial charge is 0.466 e. The summed E-state index contributed by atoms with van der Waals surface area (Å²) in [6, 6.07) is 0.584. The van der Waals surface area contributed by atoms with E-state index in [-0.39, 0.29) is 36.0 Å². The molecule has 23 heavy (non-hydrogen) atoms. The summed E-state index contributed by atoms with van der Waals surface area (Å²) in [5.41, 5.74) is -0.902. The molecule has 0 aromatic carbocycles. The number of ether oxygens (including phenoxy) is 1. The summed E-state index contributed by atoms with van der Waals surface area (Å²) in [4.78, 5) is 13.0. The number of halogens is 4. The zero-order chi connectivity index (χ0) is 17.0. The van der Waals surface area contributed by atoms with Crippen molar-refractivity contribution in [2.75, 3.05) is 18.1 Å². The lowest BCUT2D eigenvalue weighted by atomic mass is 10.1. The molecule has 0 saturated carbocycles. The fourth-order valence-electron chi connectivity index (χ4n) is 2.71. The van der Waals surface area contributed by atoms with Crippen LogP contribution in [0.25, 0.3) is 0 Å². The van der Waals surface area contributed by atoms with Gasteiger partial charge < -0.3 is 9.64 Å². The highest BCUT2D eigenvalue weighted by Crippen LogP contribution is 2.39. The molecule has 1 aromatic heterocycles. The lowest BCUT2D eigenvalue weighted by Crippen LogP contribution is -2.33. The van der Waals surface area contributed by atoms with Gasteiger partial charge in [-0.15, -0.1) is 10.2 Å². The number of anilines is 1. The number of carbonyl (C=O) groups is 1. The van der Waals surface area contributed by atoms with Gasteiger partial charge in [0.25, 0.3) is 0 Å². The van der Waals surface area contributed by atoms with Crippen molar-refractivity contribution in [1.82, 2.24) is 10.2 Å². The van der Waals surface area contributed by atoms with Crippen LogP contribution in [0.15, 0.2) is 6.07 Å². The Kier molecular flexibility index (Phi) is 5.67. The molecule has 5 nitrogen and oxygen atoms in total. The topological polar surface area (TPSA) is 55.3 Å². The molecule has 1 fully saturated rings. The van der Waals surface area contributed by atoms with Gasteiger partial charge in [0.15, 0.2) is 11.0 Å². The van der Waals surface area contributed by atoms with E-state index in [1.54, 1.807) is 11.8 Å². The standard InChI is InChI=1S/C14H17ClF3N3O2/c1-2-23-12(22)6-5-9-4-3-7-21(9)13-10(14(16,17)18)8-11(15)19-20-13/h8-9H,2-7H2,1H3/t9-/m1/s1. The van der Waals surface area contributed by atoms with E-state index < -0.39 is 11.7 Å². The number of rotatable bonds is 5. The molecule has 0 aliphatic carbocycles. The number of hydrogen-bond donors (Lipinski definition) is 0. The van der Waals surface area contributed by atoms with Crippen molar-refractivity contribution in [3.63, 3.8) is 0 Å². The number of esters is 1. The van der Waals surface area contributed by atoms with Gasteiger partial charge in [-0.3, -0.25) is 4.79 Å². The average Bonchev–Trinajstić information content (AvgIpc) is 2.93. The van der Waals surface area contributed by atoms with E-state index in [9.17, 15) is 18.0 Å². The van der Waals surface area contributed by atoms with Gasteiger partial charge >= 0.3 is 12.1 Å². The van der Waals surface area contributed by atoms with Gasteiger partial charge in [0.2, 0.25) is 0 Å². The first-order valence-corrected chi connectivity index (χ1v) is 7.73. The summed E-state index contributed by atoms with van der Waals surface area (Å²) in [5, 5.41) is 6.88. The summed E-state index contributed by atoms with van der Waals surface area (Å²) < 4.78 is 44.4. The molecule has 0 radical (unpaired) electrons. The van der Waals surface area contributed by atoms with Gasteiger partial charge in [-0.05, 0) is 32.3 Å². The highest BCUT2D eigenvalue weighted by molar-refractivity contribution is 6.29. The monoisotopic (exact) mass is 351 g/mol. The number of hydrogen-bond acceptors (Lipinski definition) is 5. The number of alkyl halides is 3. The lowest BCUT2D eigenvalue weighted by Gasteiger charge is -2.27. The Hall–Kier alpha value is -1.57. The van der Waals surface area contributed by atoms with E-state index in [0.29, 0.717) is 19.4 Å². The van der Waals surface area contributed by atoms with E-state index in [1.807, 2.05) is 0 Å². The predicted molar refractivity (Wildman–Crippen MR) is 78.3 cm³/mol. The third-order valence-corrected chi connectivity index (χ3v) is 3.87. The van der Waals surface area contributed by atoms with Gasteiger partial charge in [0.1, 0.15) is 5.56 Å². The summed E-state index contributed by atoms with van der Waals surface area (Å²) >= 11 is 5.55. The van der Waals surface area contributed by atoms with Crippen LogP contribution >= 0.6 is 11.6 Å². The SMILES string of the molecule is CCOC(=O)CC[C@H]1CCCN1c1nnc(Cl)cc1C(F)(F)F. The maximum atomic E-state index is 13.2. The van der Waals surface area contributed by atoms with Crippen molar-refractivity contribution >= 4 is 23.4 Å². The highest BCUT2D eigenvalue weighted by atomic mass is 35.5. The summed E-state index contributed by atoms with van der Waals surface area (Å²) in [6.07, 6.45) is -2.56. The van der Waals surface area contributed by atoms with Crippen LogP contribution in [0, 0.1) is 0 Å². The molecule has 2 heterocycles. The van der Waals surface area contributed by atoms with E-state index in [0.717, 1.165) is 12.5 Å². The van der Waals surface area contributed by atoms with Crippen LogP contribution in [0.4, 0.5) is 19.0 Å². The van der Waals surface area contributed by atoms with Crippen LogP contribution in [-0.4, -0.2) is 35.4 Å². The normalized spacial score (nSPS) is 18.3. The molecule has 1 aromatic rings. The zero-order valence-electron chi connectivity index (χ0n) is 12.6. The fraction of sp³-hybridized carbons (Fsp3) is 0.643. The van der Waals surface area contributed by atoms with Crippen LogP contribution in [0.1, 0.15) is 38.2 Å². The number of aromatic nitrogens is 2. The Balaban J connectivity index is 2.18. The maximum absolute atomic E-state index is 13.2. The second kappa shape index (κ2) is 7.33. The van der Waals surface area contributed by atoms with Crippen molar-refractivity contribution in [2.45, 2.75) is 44.8 Å². The van der Waals surface area contributed by atoms with Crippen molar-refractivity contribution in [3.05, 3.63) is 16.8 Å². The van der Waals surface area contributed by atoms with Crippen molar-refractivity contribution in [1.29, 1.82) is 0 Å². The molecule has 1 aliphatic heterocycles. The summed E-state index contributed by atoms with van der Waals surface area (Å²) in [5.74, 6) is -0.578. The quantitative estimate of drug-likeness (QED) is 0.760. The van der Waals surface area contributed by atoms with Crippen LogP contribution in [0.5, 0.6) is 0 Å². The molecule has 1 atom stereocenters.